The molecule has 0 aromatic heterocycles. The lowest BCUT2D eigenvalue weighted by Crippen LogP contribution is -2.60. The van der Waals surface area contributed by atoms with Gasteiger partial charge in [-0.05, 0) is 5.92 Å². The zero-order valence-corrected chi connectivity index (χ0v) is 11.7. The molecule has 8 nitrogen and oxygen atoms in total. The Balaban J connectivity index is 2.76. The minimum atomic E-state index is -1.10. The van der Waals surface area contributed by atoms with Crippen LogP contribution in [0, 0.1) is 5.92 Å². The molecular weight excluding hydrogens is 266 g/mol. The van der Waals surface area contributed by atoms with E-state index >= 15 is 0 Å². The molecule has 0 radical (unpaired) electrons. The lowest BCUT2D eigenvalue weighted by Gasteiger charge is -2.34. The Bertz CT molecular complexity index is 387. The number of hydrogen-bond donors (Lipinski definition) is 3. The van der Waals surface area contributed by atoms with E-state index in [1.807, 2.05) is 6.92 Å². The van der Waals surface area contributed by atoms with Crippen molar-refractivity contribution in [1.82, 2.24) is 10.2 Å². The average molecular weight is 287 g/mol. The predicted molar refractivity (Wildman–Crippen MR) is 69.9 cm³/mol. The molecule has 8 heteroatoms. The Morgan fingerprint density at radius 1 is 1.50 bits per heavy atom. The van der Waals surface area contributed by atoms with Crippen LogP contribution in [0.15, 0.2) is 0 Å². The zero-order chi connectivity index (χ0) is 15.3. The van der Waals surface area contributed by atoms with Gasteiger partial charge in [0.25, 0.3) is 0 Å². The van der Waals surface area contributed by atoms with E-state index in [-0.39, 0.29) is 25.7 Å². The molecule has 1 aliphatic rings. The van der Waals surface area contributed by atoms with Crippen LogP contribution in [0.5, 0.6) is 0 Å². The molecule has 0 spiro atoms. The maximum absolute atomic E-state index is 12.1. The van der Waals surface area contributed by atoms with Crippen molar-refractivity contribution in [2.75, 3.05) is 19.8 Å². The molecule has 0 aromatic carbocycles. The van der Waals surface area contributed by atoms with Gasteiger partial charge in [0.15, 0.2) is 0 Å². The third-order valence-electron chi connectivity index (χ3n) is 3.48. The molecule has 4 N–H and O–H groups in total. The van der Waals surface area contributed by atoms with E-state index in [2.05, 4.69) is 5.32 Å². The van der Waals surface area contributed by atoms with Gasteiger partial charge in [-0.15, -0.1) is 0 Å². The molecule has 20 heavy (non-hydrogen) atoms. The Labute approximate surface area is 117 Å². The number of urea groups is 1. The number of amides is 3. The molecule has 0 saturated carbocycles. The van der Waals surface area contributed by atoms with Crippen LogP contribution in [0.3, 0.4) is 0 Å². The SMILES string of the molecule is CCC(C)C(NC(=O)N1CCOCC1C(N)=O)C(=O)O. The minimum Gasteiger partial charge on any atom is -0.480 e. The minimum absolute atomic E-state index is 0.0316. The number of hydrogen-bond acceptors (Lipinski definition) is 4. The number of nitrogens with two attached hydrogens (primary N) is 1. The largest absolute Gasteiger partial charge is 0.480 e. The van der Waals surface area contributed by atoms with Crippen LogP contribution in [0.2, 0.25) is 0 Å². The average Bonchev–Trinajstić information content (AvgIpc) is 2.43. The molecule has 3 unspecified atom stereocenters. The van der Waals surface area contributed by atoms with Crippen LogP contribution in [-0.2, 0) is 14.3 Å². The van der Waals surface area contributed by atoms with Gasteiger partial charge in [-0.25, -0.2) is 9.59 Å². The highest BCUT2D eigenvalue weighted by atomic mass is 16.5. The summed E-state index contributed by atoms with van der Waals surface area (Å²) in [5, 5.41) is 11.6. The van der Waals surface area contributed by atoms with Crippen molar-refractivity contribution in [3.8, 4) is 0 Å². The molecule has 3 atom stereocenters. The maximum Gasteiger partial charge on any atom is 0.326 e. The zero-order valence-electron chi connectivity index (χ0n) is 11.7. The number of carboxylic acid groups (broad SMARTS) is 1. The van der Waals surface area contributed by atoms with Crippen LogP contribution < -0.4 is 11.1 Å². The number of primary amides is 1. The van der Waals surface area contributed by atoms with E-state index in [0.29, 0.717) is 6.42 Å². The first-order valence-corrected chi connectivity index (χ1v) is 6.55. The first-order chi connectivity index (χ1) is 9.38. The highest BCUT2D eigenvalue weighted by Crippen LogP contribution is 2.11. The third-order valence-corrected chi connectivity index (χ3v) is 3.48. The second-order valence-corrected chi connectivity index (χ2v) is 4.84. The summed E-state index contributed by atoms with van der Waals surface area (Å²) in [6.07, 6.45) is 0.611. The smallest absolute Gasteiger partial charge is 0.326 e. The number of nitrogens with zero attached hydrogens (tertiary/aromatic N) is 1. The van der Waals surface area contributed by atoms with E-state index in [0.717, 1.165) is 0 Å². The van der Waals surface area contributed by atoms with Gasteiger partial charge in [0, 0.05) is 6.54 Å². The topological polar surface area (TPSA) is 122 Å². The van der Waals surface area contributed by atoms with Crippen molar-refractivity contribution < 1.29 is 24.2 Å². The van der Waals surface area contributed by atoms with Gasteiger partial charge in [-0.2, -0.15) is 0 Å². The van der Waals surface area contributed by atoms with Crippen LogP contribution in [-0.4, -0.2) is 59.8 Å². The van der Waals surface area contributed by atoms with E-state index in [4.69, 9.17) is 15.6 Å². The van der Waals surface area contributed by atoms with Gasteiger partial charge >= 0.3 is 12.0 Å². The lowest BCUT2D eigenvalue weighted by molar-refractivity contribution is -0.140. The highest BCUT2D eigenvalue weighted by molar-refractivity contribution is 5.88. The fourth-order valence-electron chi connectivity index (χ4n) is 1.98. The Morgan fingerprint density at radius 3 is 2.65 bits per heavy atom. The van der Waals surface area contributed by atoms with Gasteiger partial charge in [-0.3, -0.25) is 4.79 Å². The quantitative estimate of drug-likeness (QED) is 0.622. The second-order valence-electron chi connectivity index (χ2n) is 4.84. The fraction of sp³-hybridized carbons (Fsp3) is 0.750. The molecule has 1 aliphatic heterocycles. The number of morpholine rings is 1. The second kappa shape index (κ2) is 7.09. The number of rotatable bonds is 5. The molecule has 0 aliphatic carbocycles. The van der Waals surface area contributed by atoms with Crippen molar-refractivity contribution in [3.63, 3.8) is 0 Å². The van der Waals surface area contributed by atoms with Crippen LogP contribution in [0.1, 0.15) is 20.3 Å². The summed E-state index contributed by atoms with van der Waals surface area (Å²) in [6, 6.07) is -2.47. The van der Waals surface area contributed by atoms with Crippen molar-refractivity contribution in [2.45, 2.75) is 32.4 Å². The molecule has 1 heterocycles. The molecule has 1 saturated heterocycles. The van der Waals surface area contributed by atoms with Crippen LogP contribution >= 0.6 is 0 Å². The standard InChI is InChI=1S/C12H21N3O5/c1-3-7(2)9(11(17)18)14-12(19)15-4-5-20-6-8(15)10(13)16/h7-9H,3-6H2,1-2H3,(H2,13,16)(H,14,19)(H,17,18). The monoisotopic (exact) mass is 287 g/mol. The molecule has 0 bridgehead atoms. The van der Waals surface area contributed by atoms with E-state index in [1.54, 1.807) is 6.92 Å². The number of carbonyl (C=O) groups excluding carboxylic acids is 2. The number of carboxylic acids is 1. The Hall–Kier alpha value is -1.83. The maximum atomic E-state index is 12.1. The number of aliphatic carboxylic acids is 1. The van der Waals surface area contributed by atoms with Gasteiger partial charge in [0.2, 0.25) is 5.91 Å². The Morgan fingerprint density at radius 2 is 2.15 bits per heavy atom. The number of nitrogens with one attached hydrogen (secondary N) is 1. The number of ether oxygens (including phenoxy) is 1. The molecule has 1 fully saturated rings. The van der Waals surface area contributed by atoms with E-state index < -0.39 is 30.0 Å². The van der Waals surface area contributed by atoms with E-state index in [9.17, 15) is 14.4 Å². The van der Waals surface area contributed by atoms with Crippen molar-refractivity contribution in [1.29, 1.82) is 0 Å². The van der Waals surface area contributed by atoms with Gasteiger partial charge in [0.1, 0.15) is 12.1 Å². The first kappa shape index (κ1) is 16.2. The molecule has 114 valence electrons. The Kier molecular flexibility index (Phi) is 5.75. The van der Waals surface area contributed by atoms with Gasteiger partial charge in [0.05, 0.1) is 13.2 Å². The van der Waals surface area contributed by atoms with Crippen molar-refractivity contribution in [3.05, 3.63) is 0 Å². The third kappa shape index (κ3) is 3.83. The van der Waals surface area contributed by atoms with Crippen LogP contribution in [0.4, 0.5) is 4.79 Å². The van der Waals surface area contributed by atoms with E-state index in [1.165, 1.54) is 4.90 Å². The summed E-state index contributed by atoms with van der Waals surface area (Å²) in [7, 11) is 0. The van der Waals surface area contributed by atoms with Gasteiger partial charge < -0.3 is 25.8 Å². The normalized spacial score (nSPS) is 21.9. The fourth-order valence-corrected chi connectivity index (χ4v) is 1.98. The van der Waals surface area contributed by atoms with Crippen molar-refractivity contribution in [2.24, 2.45) is 11.7 Å². The molecular formula is C12H21N3O5. The summed E-state index contributed by atoms with van der Waals surface area (Å²) >= 11 is 0. The molecule has 0 aromatic rings. The van der Waals surface area contributed by atoms with Gasteiger partial charge in [-0.1, -0.05) is 20.3 Å². The number of carbonyl (C=O) groups is 3. The summed E-state index contributed by atoms with van der Waals surface area (Å²) in [5.74, 6) is -1.99. The molecule has 1 rings (SSSR count). The first-order valence-electron chi connectivity index (χ1n) is 6.55. The predicted octanol–water partition coefficient (Wildman–Crippen LogP) is -0.619. The summed E-state index contributed by atoms with van der Waals surface area (Å²) in [6.45, 7) is 4.10. The van der Waals surface area contributed by atoms with Crippen molar-refractivity contribution >= 4 is 17.9 Å². The summed E-state index contributed by atoms with van der Waals surface area (Å²) in [4.78, 5) is 35.8. The lowest BCUT2D eigenvalue weighted by atomic mass is 9.99. The molecule has 3 amide bonds. The van der Waals surface area contributed by atoms with Crippen LogP contribution in [0.25, 0.3) is 0 Å². The summed E-state index contributed by atoms with van der Waals surface area (Å²) in [5.41, 5.74) is 5.22. The highest BCUT2D eigenvalue weighted by Gasteiger charge is 2.34. The summed E-state index contributed by atoms with van der Waals surface area (Å²) < 4.78 is 5.11.